The first-order chi connectivity index (χ1) is 9.31. The maximum atomic E-state index is 3.75. The van der Waals surface area contributed by atoms with Crippen molar-refractivity contribution in [2.75, 3.05) is 19.6 Å². The van der Waals surface area contributed by atoms with Crippen LogP contribution in [0.3, 0.4) is 0 Å². The van der Waals surface area contributed by atoms with Crippen LogP contribution >= 0.6 is 0 Å². The Morgan fingerprint density at radius 1 is 1.05 bits per heavy atom. The molecule has 0 aromatic carbocycles. The van der Waals surface area contributed by atoms with Crippen molar-refractivity contribution in [3.05, 3.63) is 0 Å². The highest BCUT2D eigenvalue weighted by Crippen LogP contribution is 2.37. The first-order valence-electron chi connectivity index (χ1n) is 8.80. The number of rotatable bonds is 9. The molecule has 0 spiro atoms. The minimum atomic E-state index is 0.232. The zero-order valence-electron chi connectivity index (χ0n) is 14.5. The molecule has 2 nitrogen and oxygen atoms in total. The summed E-state index contributed by atoms with van der Waals surface area (Å²) in [6, 6.07) is 0.918. The highest BCUT2D eigenvalue weighted by atomic mass is 15.2. The normalized spacial score (nSPS) is 23.1. The van der Waals surface area contributed by atoms with Gasteiger partial charge in [-0.05, 0) is 64.2 Å². The lowest BCUT2D eigenvalue weighted by molar-refractivity contribution is 0.130. The molecule has 0 saturated heterocycles. The van der Waals surface area contributed by atoms with Crippen molar-refractivity contribution in [3.63, 3.8) is 0 Å². The van der Waals surface area contributed by atoms with Gasteiger partial charge in [-0.3, -0.25) is 4.90 Å². The Labute approximate surface area is 126 Å². The average molecular weight is 280 g/mol. The standard InChI is InChI=1S/C18H36N2/c1-6-11-18(5,13-19-17(2,3)4)14-20(16-9-10-16)12-15-7-8-15/h15-16,19H,6-14H2,1-5H3. The number of hydrogen-bond donors (Lipinski definition) is 1. The maximum Gasteiger partial charge on any atom is 0.00967 e. The highest BCUT2D eigenvalue weighted by molar-refractivity contribution is 4.93. The average Bonchev–Trinajstić information content (AvgIpc) is 3.18. The van der Waals surface area contributed by atoms with Crippen LogP contribution in [0.5, 0.6) is 0 Å². The quantitative estimate of drug-likeness (QED) is 0.685. The molecular weight excluding hydrogens is 244 g/mol. The lowest BCUT2D eigenvalue weighted by Gasteiger charge is -2.38. The Morgan fingerprint density at radius 3 is 2.15 bits per heavy atom. The predicted molar refractivity (Wildman–Crippen MR) is 88.1 cm³/mol. The summed E-state index contributed by atoms with van der Waals surface area (Å²) in [6.45, 7) is 15.5. The SMILES string of the molecule is CCCC(C)(CNC(C)(C)C)CN(CC1CC1)C1CC1. The van der Waals surface area contributed by atoms with Gasteiger partial charge < -0.3 is 5.32 Å². The second-order valence-electron chi connectivity index (χ2n) is 8.77. The highest BCUT2D eigenvalue weighted by Gasteiger charge is 2.37. The van der Waals surface area contributed by atoms with Gasteiger partial charge in [0.05, 0.1) is 0 Å². The van der Waals surface area contributed by atoms with Gasteiger partial charge in [0.1, 0.15) is 0 Å². The van der Waals surface area contributed by atoms with Crippen molar-refractivity contribution in [2.24, 2.45) is 11.3 Å². The first-order valence-corrected chi connectivity index (χ1v) is 8.80. The van der Waals surface area contributed by atoms with E-state index in [2.05, 4.69) is 44.8 Å². The molecule has 2 saturated carbocycles. The van der Waals surface area contributed by atoms with Crippen molar-refractivity contribution in [1.82, 2.24) is 10.2 Å². The van der Waals surface area contributed by atoms with Crippen LogP contribution in [0.1, 0.15) is 73.1 Å². The predicted octanol–water partition coefficient (Wildman–Crippen LogP) is 4.06. The number of nitrogens with one attached hydrogen (secondary N) is 1. The van der Waals surface area contributed by atoms with E-state index in [0.29, 0.717) is 5.41 Å². The molecule has 2 heteroatoms. The molecule has 2 aliphatic carbocycles. The summed E-state index contributed by atoms with van der Waals surface area (Å²) in [5, 5.41) is 3.75. The molecule has 0 aromatic rings. The second kappa shape index (κ2) is 6.36. The monoisotopic (exact) mass is 280 g/mol. The molecule has 118 valence electrons. The summed E-state index contributed by atoms with van der Waals surface area (Å²) in [4.78, 5) is 2.83. The molecule has 1 atom stereocenters. The van der Waals surface area contributed by atoms with Crippen molar-refractivity contribution in [2.45, 2.75) is 84.7 Å². The van der Waals surface area contributed by atoms with Gasteiger partial charge in [0.2, 0.25) is 0 Å². The lowest BCUT2D eigenvalue weighted by atomic mass is 9.83. The molecule has 20 heavy (non-hydrogen) atoms. The Kier molecular flexibility index (Phi) is 5.18. The first kappa shape index (κ1) is 16.3. The van der Waals surface area contributed by atoms with Gasteiger partial charge in [-0.1, -0.05) is 20.3 Å². The minimum absolute atomic E-state index is 0.232. The Hall–Kier alpha value is -0.0800. The number of nitrogens with zero attached hydrogens (tertiary/aromatic N) is 1. The van der Waals surface area contributed by atoms with Crippen molar-refractivity contribution >= 4 is 0 Å². The minimum Gasteiger partial charge on any atom is -0.311 e. The molecule has 0 aliphatic heterocycles. The lowest BCUT2D eigenvalue weighted by Crippen LogP contribution is -2.48. The molecule has 1 unspecified atom stereocenters. The number of hydrogen-bond acceptors (Lipinski definition) is 2. The van der Waals surface area contributed by atoms with Crippen LogP contribution in [0.25, 0.3) is 0 Å². The summed E-state index contributed by atoms with van der Waals surface area (Å²) in [5.41, 5.74) is 0.662. The molecule has 2 aliphatic rings. The van der Waals surface area contributed by atoms with E-state index < -0.39 is 0 Å². The van der Waals surface area contributed by atoms with Gasteiger partial charge in [0.15, 0.2) is 0 Å². The van der Waals surface area contributed by atoms with Crippen LogP contribution in [-0.2, 0) is 0 Å². The Balaban J connectivity index is 1.90. The largest absolute Gasteiger partial charge is 0.311 e. The van der Waals surface area contributed by atoms with E-state index in [0.717, 1.165) is 18.5 Å². The fraction of sp³-hybridized carbons (Fsp3) is 1.00. The summed E-state index contributed by atoms with van der Waals surface area (Å²) in [5.74, 6) is 1.03. The molecular formula is C18H36N2. The van der Waals surface area contributed by atoms with E-state index in [1.165, 1.54) is 51.6 Å². The van der Waals surface area contributed by atoms with Crippen molar-refractivity contribution in [3.8, 4) is 0 Å². The summed E-state index contributed by atoms with van der Waals surface area (Å²) in [6.07, 6.45) is 8.49. The Bertz CT molecular complexity index is 299. The summed E-state index contributed by atoms with van der Waals surface area (Å²) < 4.78 is 0. The third-order valence-corrected chi connectivity index (χ3v) is 4.74. The van der Waals surface area contributed by atoms with Crippen LogP contribution in [0.4, 0.5) is 0 Å². The van der Waals surface area contributed by atoms with Gasteiger partial charge in [-0.25, -0.2) is 0 Å². The van der Waals surface area contributed by atoms with E-state index in [9.17, 15) is 0 Å². The second-order valence-corrected chi connectivity index (χ2v) is 8.77. The topological polar surface area (TPSA) is 15.3 Å². The van der Waals surface area contributed by atoms with Crippen LogP contribution in [0.2, 0.25) is 0 Å². The van der Waals surface area contributed by atoms with Gasteiger partial charge >= 0.3 is 0 Å². The van der Waals surface area contributed by atoms with E-state index in [1.807, 2.05) is 0 Å². The van der Waals surface area contributed by atoms with Crippen molar-refractivity contribution < 1.29 is 0 Å². The molecule has 1 N–H and O–H groups in total. The van der Waals surface area contributed by atoms with Crippen LogP contribution < -0.4 is 5.32 Å². The summed E-state index contributed by atoms with van der Waals surface area (Å²) >= 11 is 0. The van der Waals surface area contributed by atoms with Crippen molar-refractivity contribution in [1.29, 1.82) is 0 Å². The molecule has 0 bridgehead atoms. The van der Waals surface area contributed by atoms with Crippen LogP contribution in [0.15, 0.2) is 0 Å². The molecule has 0 amide bonds. The molecule has 2 rings (SSSR count). The third kappa shape index (κ3) is 5.73. The van der Waals surface area contributed by atoms with E-state index in [4.69, 9.17) is 0 Å². The zero-order chi connectivity index (χ0) is 14.8. The van der Waals surface area contributed by atoms with Gasteiger partial charge in [-0.2, -0.15) is 0 Å². The zero-order valence-corrected chi connectivity index (χ0v) is 14.5. The molecule has 2 fully saturated rings. The van der Waals surface area contributed by atoms with Gasteiger partial charge in [0, 0.05) is 31.2 Å². The van der Waals surface area contributed by atoms with Gasteiger partial charge in [0.25, 0.3) is 0 Å². The third-order valence-electron chi connectivity index (χ3n) is 4.74. The molecule has 0 heterocycles. The van der Waals surface area contributed by atoms with Crippen LogP contribution in [-0.4, -0.2) is 36.1 Å². The fourth-order valence-electron chi connectivity index (χ4n) is 3.21. The van der Waals surface area contributed by atoms with E-state index >= 15 is 0 Å². The molecule has 0 radical (unpaired) electrons. The molecule has 0 aromatic heterocycles. The van der Waals surface area contributed by atoms with E-state index in [-0.39, 0.29) is 5.54 Å². The Morgan fingerprint density at radius 2 is 1.70 bits per heavy atom. The summed E-state index contributed by atoms with van der Waals surface area (Å²) in [7, 11) is 0. The smallest absolute Gasteiger partial charge is 0.00967 e. The fourth-order valence-corrected chi connectivity index (χ4v) is 3.21. The van der Waals surface area contributed by atoms with E-state index in [1.54, 1.807) is 0 Å². The van der Waals surface area contributed by atoms with Gasteiger partial charge in [-0.15, -0.1) is 0 Å². The maximum absolute atomic E-state index is 3.75. The van der Waals surface area contributed by atoms with Crippen LogP contribution in [0, 0.1) is 11.3 Å².